The predicted octanol–water partition coefficient (Wildman–Crippen LogP) is 5.17. The van der Waals surface area contributed by atoms with Crippen molar-refractivity contribution in [3.05, 3.63) is 70.2 Å². The Morgan fingerprint density at radius 2 is 1.76 bits per heavy atom. The van der Waals surface area contributed by atoms with Crippen LogP contribution in [0.25, 0.3) is 0 Å². The van der Waals surface area contributed by atoms with Crippen LogP contribution in [0.4, 0.5) is 0 Å². The molecule has 0 spiro atoms. The van der Waals surface area contributed by atoms with Crippen molar-refractivity contribution in [3.63, 3.8) is 0 Å². The van der Waals surface area contributed by atoms with Gasteiger partial charge in [0.05, 0.1) is 5.38 Å². The molecule has 1 atom stereocenters. The lowest BCUT2D eigenvalue weighted by Crippen LogP contribution is -1.98. The number of hydrogen-bond donors (Lipinski definition) is 0. The van der Waals surface area contributed by atoms with Gasteiger partial charge in [0.25, 0.3) is 0 Å². The van der Waals surface area contributed by atoms with Crippen molar-refractivity contribution in [2.24, 2.45) is 0 Å². The zero-order valence-electron chi connectivity index (χ0n) is 9.66. The molecule has 0 saturated carbocycles. The highest BCUT2D eigenvalue weighted by Crippen LogP contribution is 2.29. The quantitative estimate of drug-likeness (QED) is 0.671. The van der Waals surface area contributed by atoms with E-state index in [-0.39, 0.29) is 5.38 Å². The number of halogens is 2. The minimum absolute atomic E-state index is 0.00494. The molecule has 0 aliphatic carbocycles. The zero-order chi connectivity index (χ0) is 12.3. The molecule has 0 fully saturated rings. The summed E-state index contributed by atoms with van der Waals surface area (Å²) in [6.07, 6.45) is 0.838. The molecule has 2 aromatic carbocycles. The first-order valence-electron chi connectivity index (χ1n) is 5.61. The van der Waals surface area contributed by atoms with Crippen LogP contribution in [0.1, 0.15) is 22.1 Å². The van der Waals surface area contributed by atoms with Crippen molar-refractivity contribution in [3.8, 4) is 0 Å². The van der Waals surface area contributed by atoms with Gasteiger partial charge in [0.1, 0.15) is 0 Å². The second-order valence-corrected chi connectivity index (χ2v) is 5.12. The normalized spacial score (nSPS) is 12.4. The minimum atomic E-state index is -0.00494. The Labute approximate surface area is 112 Å². The van der Waals surface area contributed by atoms with Gasteiger partial charge in [-0.15, -0.1) is 11.6 Å². The van der Waals surface area contributed by atoms with Crippen molar-refractivity contribution in [1.29, 1.82) is 0 Å². The first-order valence-corrected chi connectivity index (χ1v) is 6.42. The highest BCUT2D eigenvalue weighted by atomic mass is 35.5. The Balaban J connectivity index is 2.17. The molecule has 0 N–H and O–H groups in total. The Morgan fingerprint density at radius 1 is 1.06 bits per heavy atom. The van der Waals surface area contributed by atoms with Crippen molar-refractivity contribution >= 4 is 23.2 Å². The van der Waals surface area contributed by atoms with Gasteiger partial charge in [0.15, 0.2) is 0 Å². The summed E-state index contributed by atoms with van der Waals surface area (Å²) < 4.78 is 0. The first-order chi connectivity index (χ1) is 8.16. The average Bonchev–Trinajstić information content (AvgIpc) is 2.30. The number of aryl methyl sites for hydroxylation is 1. The molecule has 1 unspecified atom stereocenters. The van der Waals surface area contributed by atoms with E-state index in [1.165, 1.54) is 5.56 Å². The lowest BCUT2D eigenvalue weighted by atomic mass is 10.0. The first kappa shape index (κ1) is 12.5. The van der Waals surface area contributed by atoms with Crippen LogP contribution < -0.4 is 0 Å². The lowest BCUT2D eigenvalue weighted by Gasteiger charge is -2.13. The minimum Gasteiger partial charge on any atom is -0.117 e. The summed E-state index contributed by atoms with van der Waals surface area (Å²) in [6.45, 7) is 2.04. The van der Waals surface area contributed by atoms with Crippen LogP contribution in [0.3, 0.4) is 0 Å². The molecule has 88 valence electrons. The fourth-order valence-corrected chi connectivity index (χ4v) is 2.57. The monoisotopic (exact) mass is 264 g/mol. The summed E-state index contributed by atoms with van der Waals surface area (Å²) in [4.78, 5) is 0. The molecule has 2 rings (SSSR count). The fraction of sp³-hybridized carbons (Fsp3) is 0.200. The molecule has 2 aromatic rings. The SMILES string of the molecule is Cc1cc(Cl)ccc1C(Cl)Cc1ccccc1. The van der Waals surface area contributed by atoms with Gasteiger partial charge in [0.2, 0.25) is 0 Å². The van der Waals surface area contributed by atoms with Gasteiger partial charge in [-0.25, -0.2) is 0 Å². The molecular formula is C15H14Cl2. The Hall–Kier alpha value is -0.980. The highest BCUT2D eigenvalue weighted by Gasteiger charge is 2.11. The summed E-state index contributed by atoms with van der Waals surface area (Å²) in [5, 5.41) is 0.754. The third-order valence-electron chi connectivity index (χ3n) is 2.83. The molecule has 0 saturated heterocycles. The van der Waals surface area contributed by atoms with Gasteiger partial charge < -0.3 is 0 Å². The van der Waals surface area contributed by atoms with E-state index in [9.17, 15) is 0 Å². The molecule has 0 radical (unpaired) electrons. The molecule has 0 aromatic heterocycles. The molecule has 0 amide bonds. The summed E-state index contributed by atoms with van der Waals surface area (Å²) in [6, 6.07) is 16.1. The maximum Gasteiger partial charge on any atom is 0.0628 e. The molecule has 2 heteroatoms. The van der Waals surface area contributed by atoms with E-state index in [1.807, 2.05) is 43.3 Å². The van der Waals surface area contributed by atoms with E-state index in [0.29, 0.717) is 0 Å². The van der Waals surface area contributed by atoms with Crippen LogP contribution in [0.15, 0.2) is 48.5 Å². The van der Waals surface area contributed by atoms with E-state index >= 15 is 0 Å². The smallest absolute Gasteiger partial charge is 0.0628 e. The van der Waals surface area contributed by atoms with Crippen LogP contribution >= 0.6 is 23.2 Å². The number of rotatable bonds is 3. The molecule has 0 bridgehead atoms. The van der Waals surface area contributed by atoms with Crippen LogP contribution in [-0.2, 0) is 6.42 Å². The van der Waals surface area contributed by atoms with Crippen molar-refractivity contribution in [2.45, 2.75) is 18.7 Å². The van der Waals surface area contributed by atoms with Crippen LogP contribution in [-0.4, -0.2) is 0 Å². The third kappa shape index (κ3) is 3.24. The summed E-state index contributed by atoms with van der Waals surface area (Å²) in [5.41, 5.74) is 3.55. The number of alkyl halides is 1. The standard InChI is InChI=1S/C15H14Cl2/c1-11-9-13(16)7-8-14(11)15(17)10-12-5-3-2-4-6-12/h2-9,15H,10H2,1H3. The van der Waals surface area contributed by atoms with Crippen molar-refractivity contribution in [2.75, 3.05) is 0 Å². The molecular weight excluding hydrogens is 251 g/mol. The third-order valence-corrected chi connectivity index (χ3v) is 3.45. The summed E-state index contributed by atoms with van der Waals surface area (Å²) >= 11 is 12.4. The molecule has 17 heavy (non-hydrogen) atoms. The van der Waals surface area contributed by atoms with Gasteiger partial charge in [0, 0.05) is 5.02 Å². The van der Waals surface area contributed by atoms with Crippen LogP contribution in [0, 0.1) is 6.92 Å². The lowest BCUT2D eigenvalue weighted by molar-refractivity contribution is 0.910. The predicted molar refractivity (Wildman–Crippen MR) is 74.9 cm³/mol. The van der Waals surface area contributed by atoms with Gasteiger partial charge in [-0.3, -0.25) is 0 Å². The molecule has 0 heterocycles. The van der Waals surface area contributed by atoms with E-state index in [2.05, 4.69) is 12.1 Å². The summed E-state index contributed by atoms with van der Waals surface area (Å²) in [7, 11) is 0. The highest BCUT2D eigenvalue weighted by molar-refractivity contribution is 6.30. The van der Waals surface area contributed by atoms with Crippen molar-refractivity contribution < 1.29 is 0 Å². The van der Waals surface area contributed by atoms with Crippen LogP contribution in [0.2, 0.25) is 5.02 Å². The van der Waals surface area contributed by atoms with E-state index in [0.717, 1.165) is 22.6 Å². The Bertz CT molecular complexity index is 492. The van der Waals surface area contributed by atoms with Crippen LogP contribution in [0.5, 0.6) is 0 Å². The van der Waals surface area contributed by atoms with E-state index in [1.54, 1.807) is 0 Å². The summed E-state index contributed by atoms with van der Waals surface area (Å²) in [5.74, 6) is 0. The topological polar surface area (TPSA) is 0 Å². The molecule has 0 aliphatic heterocycles. The number of benzene rings is 2. The van der Waals surface area contributed by atoms with Gasteiger partial charge in [-0.1, -0.05) is 48.0 Å². The van der Waals surface area contributed by atoms with Gasteiger partial charge in [-0.2, -0.15) is 0 Å². The maximum atomic E-state index is 6.46. The van der Waals surface area contributed by atoms with Gasteiger partial charge in [-0.05, 0) is 42.2 Å². The second kappa shape index (κ2) is 5.57. The zero-order valence-corrected chi connectivity index (χ0v) is 11.2. The average molecular weight is 265 g/mol. The Kier molecular flexibility index (Phi) is 4.09. The molecule has 0 aliphatic rings. The Morgan fingerprint density at radius 3 is 2.41 bits per heavy atom. The number of hydrogen-bond acceptors (Lipinski definition) is 0. The van der Waals surface area contributed by atoms with E-state index < -0.39 is 0 Å². The fourth-order valence-electron chi connectivity index (χ4n) is 1.92. The van der Waals surface area contributed by atoms with Gasteiger partial charge >= 0.3 is 0 Å². The molecule has 0 nitrogen and oxygen atoms in total. The van der Waals surface area contributed by atoms with E-state index in [4.69, 9.17) is 23.2 Å². The second-order valence-electron chi connectivity index (χ2n) is 4.16. The maximum absolute atomic E-state index is 6.46. The van der Waals surface area contributed by atoms with Crippen molar-refractivity contribution in [1.82, 2.24) is 0 Å². The largest absolute Gasteiger partial charge is 0.117 e.